The number of fused-ring (bicyclic) bond motifs is 1. The highest BCUT2D eigenvalue weighted by Crippen LogP contribution is 2.31. The Kier molecular flexibility index (Phi) is 4.46. The molecule has 0 N–H and O–H groups in total. The van der Waals surface area contributed by atoms with Gasteiger partial charge < -0.3 is 18.4 Å². The topological polar surface area (TPSA) is 87.6 Å². The van der Waals surface area contributed by atoms with Crippen LogP contribution in [0.15, 0.2) is 31.9 Å². The Morgan fingerprint density at radius 1 is 1.31 bits per heavy atom. The lowest BCUT2D eigenvalue weighted by Crippen LogP contribution is -2.04. The molecule has 1 aliphatic heterocycles. The van der Waals surface area contributed by atoms with Crippen molar-refractivity contribution in [2.75, 3.05) is 6.61 Å². The number of hydrogen-bond acceptors (Lipinski definition) is 7. The second-order valence-electron chi connectivity index (χ2n) is 6.42. The van der Waals surface area contributed by atoms with E-state index in [0.717, 1.165) is 36.0 Å². The van der Waals surface area contributed by atoms with Crippen molar-refractivity contribution in [3.63, 3.8) is 0 Å². The third kappa shape index (κ3) is 3.22. The quantitative estimate of drug-likeness (QED) is 0.647. The minimum atomic E-state index is -0.356. The first-order chi connectivity index (χ1) is 12.6. The van der Waals surface area contributed by atoms with Crippen LogP contribution in [-0.4, -0.2) is 16.7 Å². The minimum Gasteiger partial charge on any atom is -0.485 e. The van der Waals surface area contributed by atoms with Gasteiger partial charge in [-0.1, -0.05) is 12.1 Å². The minimum absolute atomic E-state index is 0.114. The Labute approximate surface area is 149 Å². The van der Waals surface area contributed by atoms with E-state index < -0.39 is 0 Å². The first-order valence-corrected chi connectivity index (χ1v) is 8.78. The van der Waals surface area contributed by atoms with E-state index in [1.165, 1.54) is 6.07 Å². The summed E-state index contributed by atoms with van der Waals surface area (Å²) in [7, 11) is 0. The molecule has 0 radical (unpaired) electrons. The summed E-state index contributed by atoms with van der Waals surface area (Å²) in [6.07, 6.45) is 2.48. The van der Waals surface area contributed by atoms with Gasteiger partial charge in [-0.25, -0.2) is 4.79 Å². The Balaban J connectivity index is 1.62. The predicted octanol–water partition coefficient (Wildman–Crippen LogP) is 3.48. The highest BCUT2D eigenvalue weighted by Gasteiger charge is 2.24. The van der Waals surface area contributed by atoms with Crippen LogP contribution < -0.4 is 10.4 Å². The van der Waals surface area contributed by atoms with Crippen molar-refractivity contribution in [3.05, 3.63) is 51.5 Å². The molecule has 4 rings (SSSR count). The van der Waals surface area contributed by atoms with Crippen molar-refractivity contribution >= 4 is 11.0 Å². The second-order valence-corrected chi connectivity index (χ2v) is 6.42. The summed E-state index contributed by atoms with van der Waals surface area (Å²) in [4.78, 5) is 16.1. The fourth-order valence-electron chi connectivity index (χ4n) is 3.23. The molecule has 3 aromatic rings. The summed E-state index contributed by atoms with van der Waals surface area (Å²) in [6, 6.07) is 5.27. The molecule has 0 amide bonds. The first kappa shape index (κ1) is 16.8. The summed E-state index contributed by atoms with van der Waals surface area (Å²) in [5.41, 5.74) is 2.00. The van der Waals surface area contributed by atoms with Crippen molar-refractivity contribution in [1.29, 1.82) is 0 Å². The second kappa shape index (κ2) is 6.92. The van der Waals surface area contributed by atoms with E-state index in [0.29, 0.717) is 29.5 Å². The summed E-state index contributed by atoms with van der Waals surface area (Å²) >= 11 is 0. The molecule has 2 aromatic heterocycles. The molecule has 7 nitrogen and oxygen atoms in total. The van der Waals surface area contributed by atoms with E-state index in [1.54, 1.807) is 0 Å². The number of hydrogen-bond donors (Lipinski definition) is 0. The molecule has 0 bridgehead atoms. The van der Waals surface area contributed by atoms with E-state index in [-0.39, 0.29) is 18.3 Å². The molecule has 7 heteroatoms. The smallest absolute Gasteiger partial charge is 0.336 e. The van der Waals surface area contributed by atoms with Crippen LogP contribution in [0.2, 0.25) is 0 Å². The lowest BCUT2D eigenvalue weighted by atomic mass is 10.1. The van der Waals surface area contributed by atoms with Gasteiger partial charge in [0.15, 0.2) is 6.61 Å². The van der Waals surface area contributed by atoms with E-state index in [9.17, 15) is 4.79 Å². The van der Waals surface area contributed by atoms with Crippen LogP contribution >= 0.6 is 0 Å². The highest BCUT2D eigenvalue weighted by molar-refractivity contribution is 5.87. The van der Waals surface area contributed by atoms with E-state index in [4.69, 9.17) is 18.4 Å². The number of ether oxygens (including phenoxy) is 2. The van der Waals surface area contributed by atoms with Gasteiger partial charge in [-0.3, -0.25) is 0 Å². The zero-order valence-electron chi connectivity index (χ0n) is 14.8. The Morgan fingerprint density at radius 2 is 2.19 bits per heavy atom. The molecule has 1 atom stereocenters. The van der Waals surface area contributed by atoms with Gasteiger partial charge in [-0.05, 0) is 49.4 Å². The number of benzene rings is 1. The van der Waals surface area contributed by atoms with Gasteiger partial charge >= 0.3 is 5.63 Å². The molecule has 3 heterocycles. The zero-order valence-corrected chi connectivity index (χ0v) is 14.8. The van der Waals surface area contributed by atoms with Crippen LogP contribution in [0.1, 0.15) is 48.7 Å². The number of aromatic nitrogens is 2. The molecule has 0 spiro atoms. The molecular formula is C19H20N2O5. The van der Waals surface area contributed by atoms with Crippen LogP contribution in [0.5, 0.6) is 5.75 Å². The van der Waals surface area contributed by atoms with E-state index in [2.05, 4.69) is 10.1 Å². The standard InChI is InChI=1S/C19H20N2O5/c1-3-12-9-17(22)25-15-8-11(2)7-14(18(12)15)24-10-16-20-19(26-21-16)13-5-4-6-23-13/h7-9,13H,3-6,10H2,1-2H3. The zero-order chi connectivity index (χ0) is 18.1. The van der Waals surface area contributed by atoms with Crippen LogP contribution in [-0.2, 0) is 17.8 Å². The Morgan fingerprint density at radius 3 is 2.96 bits per heavy atom. The Bertz CT molecular complexity index is 985. The number of aryl methyl sites for hydroxylation is 2. The van der Waals surface area contributed by atoms with Crippen LogP contribution in [0, 0.1) is 6.92 Å². The van der Waals surface area contributed by atoms with Gasteiger partial charge in [0.2, 0.25) is 5.82 Å². The van der Waals surface area contributed by atoms with Gasteiger partial charge in [-0.2, -0.15) is 4.98 Å². The van der Waals surface area contributed by atoms with Gasteiger partial charge in [-0.15, -0.1) is 0 Å². The highest BCUT2D eigenvalue weighted by atomic mass is 16.5. The molecule has 136 valence electrons. The van der Waals surface area contributed by atoms with Gasteiger partial charge in [0.05, 0.1) is 5.39 Å². The maximum absolute atomic E-state index is 11.7. The normalized spacial score (nSPS) is 17.1. The number of rotatable bonds is 5. The van der Waals surface area contributed by atoms with Crippen LogP contribution in [0.3, 0.4) is 0 Å². The molecule has 26 heavy (non-hydrogen) atoms. The molecule has 1 fully saturated rings. The SMILES string of the molecule is CCc1cc(=O)oc2cc(C)cc(OCc3noc(C4CCCO4)n3)c12. The average Bonchev–Trinajstić information content (AvgIpc) is 3.29. The van der Waals surface area contributed by atoms with Crippen molar-refractivity contribution in [1.82, 2.24) is 10.1 Å². The molecule has 1 unspecified atom stereocenters. The molecule has 1 aliphatic rings. The molecular weight excluding hydrogens is 336 g/mol. The average molecular weight is 356 g/mol. The maximum Gasteiger partial charge on any atom is 0.336 e. The van der Waals surface area contributed by atoms with Crippen LogP contribution in [0.4, 0.5) is 0 Å². The van der Waals surface area contributed by atoms with Crippen molar-refractivity contribution < 1.29 is 18.4 Å². The Hall–Kier alpha value is -2.67. The summed E-state index contributed by atoms with van der Waals surface area (Å²) in [5, 5.41) is 4.78. The lowest BCUT2D eigenvalue weighted by molar-refractivity contribution is 0.0835. The first-order valence-electron chi connectivity index (χ1n) is 8.78. The third-order valence-corrected chi connectivity index (χ3v) is 4.46. The van der Waals surface area contributed by atoms with Gasteiger partial charge in [0, 0.05) is 12.7 Å². The van der Waals surface area contributed by atoms with Gasteiger partial charge in [0.1, 0.15) is 17.4 Å². The lowest BCUT2D eigenvalue weighted by Gasteiger charge is -2.11. The summed E-state index contributed by atoms with van der Waals surface area (Å²) in [5.74, 6) is 1.60. The van der Waals surface area contributed by atoms with Crippen molar-refractivity contribution in [3.8, 4) is 5.75 Å². The van der Waals surface area contributed by atoms with E-state index >= 15 is 0 Å². The monoisotopic (exact) mass is 356 g/mol. The third-order valence-electron chi connectivity index (χ3n) is 4.46. The maximum atomic E-state index is 11.7. The van der Waals surface area contributed by atoms with Gasteiger partial charge in [0.25, 0.3) is 5.89 Å². The molecule has 1 saturated heterocycles. The van der Waals surface area contributed by atoms with Crippen molar-refractivity contribution in [2.45, 2.75) is 45.8 Å². The fraction of sp³-hybridized carbons (Fsp3) is 0.421. The molecule has 0 aliphatic carbocycles. The van der Waals surface area contributed by atoms with Crippen molar-refractivity contribution in [2.24, 2.45) is 0 Å². The number of nitrogens with zero attached hydrogens (tertiary/aromatic N) is 2. The van der Waals surface area contributed by atoms with E-state index in [1.807, 2.05) is 26.0 Å². The summed E-state index contributed by atoms with van der Waals surface area (Å²) < 4.78 is 22.1. The largest absolute Gasteiger partial charge is 0.485 e. The predicted molar refractivity (Wildman–Crippen MR) is 93.2 cm³/mol. The molecule has 1 aromatic carbocycles. The molecule has 0 saturated carbocycles. The summed E-state index contributed by atoms with van der Waals surface area (Å²) in [6.45, 7) is 4.80. The fourth-order valence-corrected chi connectivity index (χ4v) is 3.23. The van der Waals surface area contributed by atoms with Crippen LogP contribution in [0.25, 0.3) is 11.0 Å².